The number of carbonyl (C=O) groups excluding carboxylic acids is 1. The highest BCUT2D eigenvalue weighted by atomic mass is 35.5. The summed E-state index contributed by atoms with van der Waals surface area (Å²) in [6, 6.07) is 7.86. The van der Waals surface area contributed by atoms with Crippen molar-refractivity contribution in [1.82, 2.24) is 15.1 Å². The molecule has 1 atom stereocenters. The number of benzene rings is 1. The highest BCUT2D eigenvalue weighted by Crippen LogP contribution is 2.22. The monoisotopic (exact) mass is 335 g/mol. The molecule has 126 valence electrons. The van der Waals surface area contributed by atoms with Crippen LogP contribution in [0.1, 0.15) is 31.4 Å². The van der Waals surface area contributed by atoms with Crippen LogP contribution in [0.15, 0.2) is 36.9 Å². The van der Waals surface area contributed by atoms with Crippen molar-refractivity contribution in [2.75, 3.05) is 26.7 Å². The Balaban J connectivity index is 1.86. The number of halogens is 1. The van der Waals surface area contributed by atoms with Crippen LogP contribution in [0.2, 0.25) is 5.02 Å². The van der Waals surface area contributed by atoms with Gasteiger partial charge in [0.1, 0.15) is 0 Å². The van der Waals surface area contributed by atoms with E-state index in [9.17, 15) is 4.79 Å². The molecule has 1 aliphatic rings. The maximum absolute atomic E-state index is 12.5. The third-order valence-corrected chi connectivity index (χ3v) is 4.77. The number of piperidine rings is 1. The molecule has 0 saturated carbocycles. The van der Waals surface area contributed by atoms with Crippen LogP contribution in [0.4, 0.5) is 4.79 Å². The van der Waals surface area contributed by atoms with Crippen LogP contribution < -0.4 is 5.32 Å². The van der Waals surface area contributed by atoms with Crippen LogP contribution in [0.5, 0.6) is 0 Å². The Morgan fingerprint density at radius 1 is 1.52 bits per heavy atom. The SMILES string of the molecule is C=CCN1CCC(NC(=O)N(C)C(C)c2cccc(Cl)c2)CC1. The standard InChI is InChI=1S/C18H26ClN3O/c1-4-10-22-11-8-17(9-12-22)20-18(23)21(3)14(2)15-6-5-7-16(19)13-15/h4-7,13-14,17H,1,8-12H2,2-3H3,(H,20,23). The highest BCUT2D eigenvalue weighted by molar-refractivity contribution is 6.30. The lowest BCUT2D eigenvalue weighted by Crippen LogP contribution is -2.48. The summed E-state index contributed by atoms with van der Waals surface area (Å²) in [7, 11) is 1.83. The molecule has 0 bridgehead atoms. The van der Waals surface area contributed by atoms with Crippen molar-refractivity contribution in [1.29, 1.82) is 0 Å². The Hall–Kier alpha value is -1.52. The third-order valence-electron chi connectivity index (χ3n) is 4.53. The first-order valence-electron chi connectivity index (χ1n) is 8.13. The molecule has 2 rings (SSSR count). The van der Waals surface area contributed by atoms with E-state index in [-0.39, 0.29) is 18.1 Å². The number of carbonyl (C=O) groups is 1. The largest absolute Gasteiger partial charge is 0.335 e. The molecule has 1 N–H and O–H groups in total. The van der Waals surface area contributed by atoms with Gasteiger partial charge in [-0.1, -0.05) is 29.8 Å². The van der Waals surface area contributed by atoms with Gasteiger partial charge in [0, 0.05) is 37.7 Å². The van der Waals surface area contributed by atoms with Gasteiger partial charge in [-0.3, -0.25) is 4.90 Å². The summed E-state index contributed by atoms with van der Waals surface area (Å²) in [5, 5.41) is 3.84. The summed E-state index contributed by atoms with van der Waals surface area (Å²) < 4.78 is 0. The van der Waals surface area contributed by atoms with Gasteiger partial charge < -0.3 is 10.2 Å². The second-order valence-electron chi connectivity index (χ2n) is 6.15. The molecule has 1 heterocycles. The second kappa shape index (κ2) is 8.37. The van der Waals surface area contributed by atoms with E-state index in [0.29, 0.717) is 5.02 Å². The van der Waals surface area contributed by atoms with E-state index < -0.39 is 0 Å². The fraction of sp³-hybridized carbons (Fsp3) is 0.500. The number of amides is 2. The van der Waals surface area contributed by atoms with Gasteiger partial charge in [-0.05, 0) is 37.5 Å². The fourth-order valence-electron chi connectivity index (χ4n) is 2.88. The van der Waals surface area contributed by atoms with Crippen LogP contribution in [-0.2, 0) is 0 Å². The molecular weight excluding hydrogens is 310 g/mol. The van der Waals surface area contributed by atoms with E-state index >= 15 is 0 Å². The Morgan fingerprint density at radius 2 is 2.22 bits per heavy atom. The van der Waals surface area contributed by atoms with Crippen LogP contribution in [-0.4, -0.2) is 48.6 Å². The van der Waals surface area contributed by atoms with Gasteiger partial charge in [0.05, 0.1) is 6.04 Å². The minimum Gasteiger partial charge on any atom is -0.335 e. The molecule has 23 heavy (non-hydrogen) atoms. The fourth-order valence-corrected chi connectivity index (χ4v) is 3.08. The van der Waals surface area contributed by atoms with Crippen LogP contribution in [0, 0.1) is 0 Å². The van der Waals surface area contributed by atoms with Crippen LogP contribution in [0.25, 0.3) is 0 Å². The summed E-state index contributed by atoms with van der Waals surface area (Å²) in [6.45, 7) is 8.72. The highest BCUT2D eigenvalue weighted by Gasteiger charge is 2.23. The topological polar surface area (TPSA) is 35.6 Å². The molecule has 5 heteroatoms. The molecule has 0 aromatic heterocycles. The van der Waals surface area contributed by atoms with Gasteiger partial charge in [0.25, 0.3) is 0 Å². The molecule has 4 nitrogen and oxygen atoms in total. The first-order chi connectivity index (χ1) is 11.0. The van der Waals surface area contributed by atoms with Gasteiger partial charge in [-0.25, -0.2) is 4.79 Å². The molecule has 0 aliphatic carbocycles. The summed E-state index contributed by atoms with van der Waals surface area (Å²) in [4.78, 5) is 16.6. The Morgan fingerprint density at radius 3 is 2.83 bits per heavy atom. The zero-order valence-corrected chi connectivity index (χ0v) is 14.7. The van der Waals surface area contributed by atoms with Crippen molar-refractivity contribution in [3.8, 4) is 0 Å². The molecule has 1 aromatic rings. The van der Waals surface area contributed by atoms with Gasteiger partial charge in [0.15, 0.2) is 0 Å². The minimum atomic E-state index is -0.0281. The number of likely N-dealkylation sites (tertiary alicyclic amines) is 1. The molecule has 0 spiro atoms. The van der Waals surface area contributed by atoms with E-state index in [0.717, 1.165) is 38.0 Å². The van der Waals surface area contributed by atoms with E-state index in [1.807, 2.05) is 44.3 Å². The van der Waals surface area contributed by atoms with Gasteiger partial charge >= 0.3 is 6.03 Å². The maximum Gasteiger partial charge on any atom is 0.317 e. The maximum atomic E-state index is 12.5. The van der Waals surface area contributed by atoms with Gasteiger partial charge in [-0.15, -0.1) is 6.58 Å². The van der Waals surface area contributed by atoms with Crippen molar-refractivity contribution in [3.63, 3.8) is 0 Å². The van der Waals surface area contributed by atoms with Gasteiger partial charge in [-0.2, -0.15) is 0 Å². The Bertz CT molecular complexity index is 541. The number of nitrogens with zero attached hydrogens (tertiary/aromatic N) is 2. The average molecular weight is 336 g/mol. The molecule has 1 unspecified atom stereocenters. The quantitative estimate of drug-likeness (QED) is 0.833. The van der Waals surface area contributed by atoms with Crippen molar-refractivity contribution in [3.05, 3.63) is 47.5 Å². The lowest BCUT2D eigenvalue weighted by Gasteiger charge is -2.33. The lowest BCUT2D eigenvalue weighted by molar-refractivity contribution is 0.174. The molecule has 2 amide bonds. The first-order valence-corrected chi connectivity index (χ1v) is 8.51. The molecule has 0 radical (unpaired) electrons. The van der Waals surface area contributed by atoms with Crippen molar-refractivity contribution in [2.24, 2.45) is 0 Å². The Kier molecular flexibility index (Phi) is 6.48. The van der Waals surface area contributed by atoms with Crippen molar-refractivity contribution < 1.29 is 4.79 Å². The number of nitrogens with one attached hydrogen (secondary N) is 1. The van der Waals surface area contributed by atoms with Crippen LogP contribution in [0.3, 0.4) is 0 Å². The predicted molar refractivity (Wildman–Crippen MR) is 95.8 cm³/mol. The van der Waals surface area contributed by atoms with Crippen LogP contribution >= 0.6 is 11.6 Å². The van der Waals surface area contributed by atoms with Crippen molar-refractivity contribution in [2.45, 2.75) is 31.8 Å². The van der Waals surface area contributed by atoms with E-state index in [1.54, 1.807) is 4.90 Å². The lowest BCUT2D eigenvalue weighted by atomic mass is 10.0. The summed E-state index contributed by atoms with van der Waals surface area (Å²) in [6.07, 6.45) is 3.90. The number of hydrogen-bond acceptors (Lipinski definition) is 2. The summed E-state index contributed by atoms with van der Waals surface area (Å²) in [5.74, 6) is 0. The third kappa shape index (κ3) is 4.98. The number of rotatable bonds is 5. The summed E-state index contributed by atoms with van der Waals surface area (Å²) in [5.41, 5.74) is 1.04. The van der Waals surface area contributed by atoms with Crippen molar-refractivity contribution >= 4 is 17.6 Å². The average Bonchev–Trinajstić information content (AvgIpc) is 2.55. The second-order valence-corrected chi connectivity index (χ2v) is 6.59. The molecule has 1 aliphatic heterocycles. The molecule has 1 saturated heterocycles. The number of urea groups is 1. The Labute approximate surface area is 144 Å². The van der Waals surface area contributed by atoms with Gasteiger partial charge in [0.2, 0.25) is 0 Å². The normalized spacial score (nSPS) is 17.5. The number of hydrogen-bond donors (Lipinski definition) is 1. The minimum absolute atomic E-state index is 0.0189. The molecular formula is C18H26ClN3O. The van der Waals surface area contributed by atoms with E-state index in [4.69, 9.17) is 11.6 Å². The summed E-state index contributed by atoms with van der Waals surface area (Å²) >= 11 is 6.04. The smallest absolute Gasteiger partial charge is 0.317 e. The van der Waals surface area contributed by atoms with E-state index in [2.05, 4.69) is 16.8 Å². The zero-order chi connectivity index (χ0) is 16.8. The first kappa shape index (κ1) is 17.8. The molecule has 1 aromatic carbocycles. The van der Waals surface area contributed by atoms with E-state index in [1.165, 1.54) is 0 Å². The molecule has 1 fully saturated rings. The predicted octanol–water partition coefficient (Wildman–Crippen LogP) is 3.69. The zero-order valence-electron chi connectivity index (χ0n) is 14.0.